The van der Waals surface area contributed by atoms with Gasteiger partial charge in [-0.15, -0.1) is 0 Å². The van der Waals surface area contributed by atoms with Crippen molar-refractivity contribution in [2.45, 2.75) is 19.9 Å². The normalized spacial score (nSPS) is 10.3. The van der Waals surface area contributed by atoms with Crippen LogP contribution in [0.15, 0.2) is 84.9 Å². The zero-order chi connectivity index (χ0) is 18.2. The van der Waals surface area contributed by atoms with Crippen molar-refractivity contribution in [3.63, 3.8) is 0 Å². The van der Waals surface area contributed by atoms with Crippen molar-refractivity contribution in [1.29, 1.82) is 0 Å². The molecule has 1 amide bonds. The molecule has 0 aliphatic rings. The second kappa shape index (κ2) is 8.86. The van der Waals surface area contributed by atoms with Gasteiger partial charge < -0.3 is 10.2 Å². The molecule has 0 spiro atoms. The van der Waals surface area contributed by atoms with Gasteiger partial charge in [0.15, 0.2) is 0 Å². The van der Waals surface area contributed by atoms with E-state index in [0.29, 0.717) is 6.42 Å². The van der Waals surface area contributed by atoms with Crippen LogP contribution in [0.4, 0.5) is 11.4 Å². The van der Waals surface area contributed by atoms with E-state index in [1.807, 2.05) is 48.5 Å². The molecule has 0 bridgehead atoms. The maximum absolute atomic E-state index is 12.2. The molecule has 0 fully saturated rings. The predicted octanol–water partition coefficient (Wildman–Crippen LogP) is 4.89. The lowest BCUT2D eigenvalue weighted by Crippen LogP contribution is -2.22. The van der Waals surface area contributed by atoms with E-state index in [4.69, 9.17) is 0 Å². The van der Waals surface area contributed by atoms with Crippen molar-refractivity contribution in [1.82, 2.24) is 0 Å². The highest BCUT2D eigenvalue weighted by molar-refractivity contribution is 5.92. The lowest BCUT2D eigenvalue weighted by molar-refractivity contribution is -0.115. The van der Waals surface area contributed by atoms with Crippen LogP contribution in [0.2, 0.25) is 0 Å². The summed E-state index contributed by atoms with van der Waals surface area (Å²) in [6, 6.07) is 28.3. The minimum absolute atomic E-state index is 0.000540. The van der Waals surface area contributed by atoms with Gasteiger partial charge in [-0.05, 0) is 42.3 Å². The first-order valence-electron chi connectivity index (χ1n) is 8.97. The van der Waals surface area contributed by atoms with Crippen molar-refractivity contribution in [2.75, 3.05) is 16.8 Å². The van der Waals surface area contributed by atoms with E-state index in [-0.39, 0.29) is 5.91 Å². The smallest absolute Gasteiger partial charge is 0.228 e. The Hall–Kier alpha value is -3.07. The quantitative estimate of drug-likeness (QED) is 0.661. The topological polar surface area (TPSA) is 32.3 Å². The lowest BCUT2D eigenvalue weighted by Gasteiger charge is -2.23. The molecule has 3 aromatic rings. The maximum Gasteiger partial charge on any atom is 0.228 e. The Kier molecular flexibility index (Phi) is 6.05. The Balaban J connectivity index is 1.61. The number of anilines is 2. The van der Waals surface area contributed by atoms with Gasteiger partial charge in [0.1, 0.15) is 0 Å². The third kappa shape index (κ3) is 4.96. The second-order valence-corrected chi connectivity index (χ2v) is 6.26. The first kappa shape index (κ1) is 17.7. The van der Waals surface area contributed by atoms with Gasteiger partial charge in [-0.3, -0.25) is 4.79 Å². The number of amides is 1. The van der Waals surface area contributed by atoms with Crippen LogP contribution in [0.3, 0.4) is 0 Å². The molecule has 0 saturated heterocycles. The summed E-state index contributed by atoms with van der Waals surface area (Å²) in [4.78, 5) is 14.5. The highest BCUT2D eigenvalue weighted by atomic mass is 16.1. The fraction of sp³-hybridized carbons (Fsp3) is 0.174. The van der Waals surface area contributed by atoms with Crippen LogP contribution in [-0.2, 0) is 17.8 Å². The average molecular weight is 344 g/mol. The third-order valence-electron chi connectivity index (χ3n) is 4.32. The number of hydrogen-bond donors (Lipinski definition) is 1. The molecule has 0 unspecified atom stereocenters. The number of carbonyl (C=O) groups is 1. The van der Waals surface area contributed by atoms with Gasteiger partial charge >= 0.3 is 0 Å². The molecule has 132 valence electrons. The summed E-state index contributed by atoms with van der Waals surface area (Å²) in [6.45, 7) is 3.95. The summed E-state index contributed by atoms with van der Waals surface area (Å²) < 4.78 is 0. The molecule has 3 rings (SSSR count). The summed E-state index contributed by atoms with van der Waals surface area (Å²) in [5.41, 5.74) is 4.28. The van der Waals surface area contributed by atoms with Crippen molar-refractivity contribution < 1.29 is 4.79 Å². The van der Waals surface area contributed by atoms with E-state index in [1.165, 1.54) is 5.56 Å². The Morgan fingerprint density at radius 2 is 1.38 bits per heavy atom. The van der Waals surface area contributed by atoms with Crippen LogP contribution in [0.1, 0.15) is 18.1 Å². The number of rotatable bonds is 7. The molecular formula is C23H24N2O. The summed E-state index contributed by atoms with van der Waals surface area (Å²) in [5.74, 6) is 0.000540. The number of carbonyl (C=O) groups excluding carboxylic acids is 1. The molecule has 0 aromatic heterocycles. The van der Waals surface area contributed by atoms with E-state index in [0.717, 1.165) is 30.0 Å². The number of benzene rings is 3. The van der Waals surface area contributed by atoms with Crippen LogP contribution >= 0.6 is 0 Å². The SMILES string of the molecule is CCN(Cc1ccccc1)c1ccc(NC(=O)Cc2ccccc2)cc1. The van der Waals surface area contributed by atoms with Gasteiger partial charge in [0, 0.05) is 24.5 Å². The molecule has 3 nitrogen and oxygen atoms in total. The monoisotopic (exact) mass is 344 g/mol. The van der Waals surface area contributed by atoms with Crippen molar-refractivity contribution in [2.24, 2.45) is 0 Å². The van der Waals surface area contributed by atoms with Gasteiger partial charge in [0.05, 0.1) is 6.42 Å². The Morgan fingerprint density at radius 3 is 1.96 bits per heavy atom. The molecule has 0 heterocycles. The van der Waals surface area contributed by atoms with E-state index in [1.54, 1.807) is 0 Å². The highest BCUT2D eigenvalue weighted by Gasteiger charge is 2.07. The minimum Gasteiger partial charge on any atom is -0.367 e. The molecular weight excluding hydrogens is 320 g/mol. The van der Waals surface area contributed by atoms with Gasteiger partial charge in [-0.2, -0.15) is 0 Å². The van der Waals surface area contributed by atoms with E-state index in [2.05, 4.69) is 53.5 Å². The first-order chi connectivity index (χ1) is 12.7. The average Bonchev–Trinajstić information content (AvgIpc) is 2.68. The number of hydrogen-bond acceptors (Lipinski definition) is 2. The molecule has 0 aliphatic carbocycles. The molecule has 3 heteroatoms. The molecule has 3 aromatic carbocycles. The second-order valence-electron chi connectivity index (χ2n) is 6.26. The molecule has 26 heavy (non-hydrogen) atoms. The predicted molar refractivity (Wildman–Crippen MR) is 108 cm³/mol. The van der Waals surface area contributed by atoms with E-state index >= 15 is 0 Å². The highest BCUT2D eigenvalue weighted by Crippen LogP contribution is 2.20. The summed E-state index contributed by atoms with van der Waals surface area (Å²) in [6.07, 6.45) is 0.387. The first-order valence-corrected chi connectivity index (χ1v) is 8.97. The van der Waals surface area contributed by atoms with Crippen LogP contribution < -0.4 is 10.2 Å². The summed E-state index contributed by atoms with van der Waals surface area (Å²) >= 11 is 0. The largest absolute Gasteiger partial charge is 0.367 e. The molecule has 0 saturated carbocycles. The maximum atomic E-state index is 12.2. The van der Waals surface area contributed by atoms with E-state index < -0.39 is 0 Å². The Morgan fingerprint density at radius 1 is 0.808 bits per heavy atom. The standard InChI is InChI=1S/C23H24N2O/c1-2-25(18-20-11-7-4-8-12-20)22-15-13-21(14-16-22)24-23(26)17-19-9-5-3-6-10-19/h3-16H,2,17-18H2,1H3,(H,24,26). The van der Waals surface area contributed by atoms with Crippen LogP contribution in [0.25, 0.3) is 0 Å². The summed E-state index contributed by atoms with van der Waals surface area (Å²) in [7, 11) is 0. The van der Waals surface area contributed by atoms with E-state index in [9.17, 15) is 4.79 Å². The minimum atomic E-state index is 0.000540. The van der Waals surface area contributed by atoms with Crippen LogP contribution in [0, 0.1) is 0 Å². The number of nitrogens with zero attached hydrogens (tertiary/aromatic N) is 1. The molecule has 0 aliphatic heterocycles. The lowest BCUT2D eigenvalue weighted by atomic mass is 10.1. The molecule has 0 radical (unpaired) electrons. The Bertz CT molecular complexity index is 814. The van der Waals surface area contributed by atoms with Crippen molar-refractivity contribution in [3.8, 4) is 0 Å². The van der Waals surface area contributed by atoms with Gasteiger partial charge in [0.2, 0.25) is 5.91 Å². The van der Waals surface area contributed by atoms with Crippen LogP contribution in [-0.4, -0.2) is 12.5 Å². The zero-order valence-corrected chi connectivity index (χ0v) is 15.1. The molecule has 1 N–H and O–H groups in total. The van der Waals surface area contributed by atoms with Crippen molar-refractivity contribution >= 4 is 17.3 Å². The van der Waals surface area contributed by atoms with Gasteiger partial charge in [-0.1, -0.05) is 60.7 Å². The van der Waals surface area contributed by atoms with Gasteiger partial charge in [-0.25, -0.2) is 0 Å². The van der Waals surface area contributed by atoms with Gasteiger partial charge in [0.25, 0.3) is 0 Å². The van der Waals surface area contributed by atoms with Crippen molar-refractivity contribution in [3.05, 3.63) is 96.1 Å². The number of nitrogens with one attached hydrogen (secondary N) is 1. The Labute approximate surface area is 155 Å². The van der Waals surface area contributed by atoms with Crippen LogP contribution in [0.5, 0.6) is 0 Å². The zero-order valence-electron chi connectivity index (χ0n) is 15.1. The molecule has 0 atom stereocenters. The summed E-state index contributed by atoms with van der Waals surface area (Å²) in [5, 5.41) is 2.97. The third-order valence-corrected chi connectivity index (χ3v) is 4.32. The fourth-order valence-corrected chi connectivity index (χ4v) is 2.93. The fourth-order valence-electron chi connectivity index (χ4n) is 2.93.